The Bertz CT molecular complexity index is 413. The van der Waals surface area contributed by atoms with E-state index >= 15 is 0 Å². The van der Waals surface area contributed by atoms with Crippen molar-refractivity contribution in [1.82, 2.24) is 10.2 Å². The Morgan fingerprint density at radius 3 is 2.58 bits per heavy atom. The minimum Gasteiger partial charge on any atom is -0.484 e. The Morgan fingerprint density at radius 2 is 2.05 bits per heavy atom. The Kier molecular flexibility index (Phi) is 4.80. The fourth-order valence-corrected chi connectivity index (χ4v) is 2.16. The van der Waals surface area contributed by atoms with Crippen LogP contribution in [0.4, 0.5) is 0 Å². The standard InChI is InChI=1S/C15H22N2O2/c1-3-17(13-6-7-13)15(18)11-19-14-8-4-12(5-9-14)10-16-2/h4-5,8-9,13,16H,3,6-7,10-11H2,1-2H3. The van der Waals surface area contributed by atoms with Crippen molar-refractivity contribution in [3.05, 3.63) is 29.8 Å². The fraction of sp³-hybridized carbons (Fsp3) is 0.533. The average molecular weight is 262 g/mol. The molecule has 19 heavy (non-hydrogen) atoms. The van der Waals surface area contributed by atoms with Gasteiger partial charge in [-0.05, 0) is 44.5 Å². The summed E-state index contributed by atoms with van der Waals surface area (Å²) in [7, 11) is 1.92. The van der Waals surface area contributed by atoms with E-state index in [4.69, 9.17) is 4.74 Å². The van der Waals surface area contributed by atoms with Crippen molar-refractivity contribution < 1.29 is 9.53 Å². The van der Waals surface area contributed by atoms with Gasteiger partial charge in [-0.25, -0.2) is 0 Å². The Morgan fingerprint density at radius 1 is 1.37 bits per heavy atom. The van der Waals surface area contributed by atoms with Crippen LogP contribution < -0.4 is 10.1 Å². The van der Waals surface area contributed by atoms with Crippen molar-refractivity contribution in [3.8, 4) is 5.75 Å². The van der Waals surface area contributed by atoms with Crippen LogP contribution in [0.15, 0.2) is 24.3 Å². The van der Waals surface area contributed by atoms with E-state index in [0.717, 1.165) is 31.7 Å². The predicted molar refractivity (Wildman–Crippen MR) is 75.1 cm³/mol. The lowest BCUT2D eigenvalue weighted by Gasteiger charge is -2.20. The highest BCUT2D eigenvalue weighted by molar-refractivity contribution is 5.78. The minimum atomic E-state index is 0.0873. The van der Waals surface area contributed by atoms with Crippen molar-refractivity contribution in [3.63, 3.8) is 0 Å². The first-order valence-electron chi connectivity index (χ1n) is 6.90. The second-order valence-electron chi connectivity index (χ2n) is 4.87. The molecule has 4 nitrogen and oxygen atoms in total. The summed E-state index contributed by atoms with van der Waals surface area (Å²) in [4.78, 5) is 13.9. The van der Waals surface area contributed by atoms with Gasteiger partial charge in [0.2, 0.25) is 0 Å². The van der Waals surface area contributed by atoms with Crippen LogP contribution in [0.2, 0.25) is 0 Å². The number of benzene rings is 1. The van der Waals surface area contributed by atoms with Gasteiger partial charge >= 0.3 is 0 Å². The quantitative estimate of drug-likeness (QED) is 0.814. The Balaban J connectivity index is 1.82. The molecular weight excluding hydrogens is 240 g/mol. The fourth-order valence-electron chi connectivity index (χ4n) is 2.16. The summed E-state index contributed by atoms with van der Waals surface area (Å²) >= 11 is 0. The molecule has 0 saturated heterocycles. The number of amides is 1. The maximum absolute atomic E-state index is 12.0. The van der Waals surface area contributed by atoms with E-state index in [1.807, 2.05) is 43.1 Å². The summed E-state index contributed by atoms with van der Waals surface area (Å²) in [6.07, 6.45) is 2.27. The summed E-state index contributed by atoms with van der Waals surface area (Å²) in [6.45, 7) is 3.76. The van der Waals surface area contributed by atoms with Gasteiger partial charge in [-0.15, -0.1) is 0 Å². The van der Waals surface area contributed by atoms with Gasteiger partial charge in [0.1, 0.15) is 5.75 Å². The molecule has 0 spiro atoms. The molecule has 1 N–H and O–H groups in total. The summed E-state index contributed by atoms with van der Waals surface area (Å²) in [5.74, 6) is 0.837. The molecule has 0 radical (unpaired) electrons. The molecule has 1 amide bonds. The molecule has 1 aromatic carbocycles. The number of nitrogens with one attached hydrogen (secondary N) is 1. The molecule has 1 aromatic rings. The highest BCUT2D eigenvalue weighted by Crippen LogP contribution is 2.26. The van der Waals surface area contributed by atoms with Gasteiger partial charge in [0.25, 0.3) is 5.91 Å². The highest BCUT2D eigenvalue weighted by atomic mass is 16.5. The van der Waals surface area contributed by atoms with E-state index in [9.17, 15) is 4.79 Å². The van der Waals surface area contributed by atoms with Gasteiger partial charge in [0.15, 0.2) is 6.61 Å². The number of ether oxygens (including phenoxy) is 1. The van der Waals surface area contributed by atoms with Gasteiger partial charge in [0, 0.05) is 19.1 Å². The molecule has 1 fully saturated rings. The molecule has 104 valence electrons. The van der Waals surface area contributed by atoms with E-state index < -0.39 is 0 Å². The third-order valence-electron chi connectivity index (χ3n) is 3.32. The number of nitrogens with zero attached hydrogens (tertiary/aromatic N) is 1. The van der Waals surface area contributed by atoms with E-state index in [0.29, 0.717) is 6.04 Å². The zero-order valence-corrected chi connectivity index (χ0v) is 11.7. The van der Waals surface area contributed by atoms with Crippen molar-refractivity contribution in [2.75, 3.05) is 20.2 Å². The zero-order valence-electron chi connectivity index (χ0n) is 11.7. The predicted octanol–water partition coefficient (Wildman–Crippen LogP) is 1.80. The van der Waals surface area contributed by atoms with E-state index in [2.05, 4.69) is 5.32 Å². The first-order chi connectivity index (χ1) is 9.24. The summed E-state index contributed by atoms with van der Waals surface area (Å²) in [6, 6.07) is 8.30. The van der Waals surface area contributed by atoms with Crippen molar-refractivity contribution in [2.45, 2.75) is 32.4 Å². The molecule has 0 bridgehead atoms. The van der Waals surface area contributed by atoms with E-state index in [-0.39, 0.29) is 12.5 Å². The molecule has 1 aliphatic carbocycles. The van der Waals surface area contributed by atoms with Crippen LogP contribution in [0.5, 0.6) is 5.75 Å². The summed E-state index contributed by atoms with van der Waals surface area (Å²) < 4.78 is 5.55. The second-order valence-corrected chi connectivity index (χ2v) is 4.87. The van der Waals surface area contributed by atoms with Crippen LogP contribution in [-0.4, -0.2) is 37.0 Å². The molecule has 1 aliphatic rings. The zero-order chi connectivity index (χ0) is 13.7. The Hall–Kier alpha value is -1.55. The number of likely N-dealkylation sites (N-methyl/N-ethyl adjacent to an activating group) is 1. The second kappa shape index (κ2) is 6.57. The lowest BCUT2D eigenvalue weighted by atomic mass is 10.2. The van der Waals surface area contributed by atoms with Crippen LogP contribution in [0.3, 0.4) is 0 Å². The molecule has 1 saturated carbocycles. The molecule has 0 aromatic heterocycles. The molecule has 0 heterocycles. The number of carbonyl (C=O) groups excluding carboxylic acids is 1. The topological polar surface area (TPSA) is 41.6 Å². The first-order valence-corrected chi connectivity index (χ1v) is 6.90. The maximum Gasteiger partial charge on any atom is 0.260 e. The van der Waals surface area contributed by atoms with Gasteiger partial charge < -0.3 is 15.0 Å². The smallest absolute Gasteiger partial charge is 0.260 e. The molecule has 0 atom stereocenters. The average Bonchev–Trinajstić information content (AvgIpc) is 3.24. The van der Waals surface area contributed by atoms with Crippen molar-refractivity contribution in [2.24, 2.45) is 0 Å². The largest absolute Gasteiger partial charge is 0.484 e. The SMILES string of the molecule is CCN(C(=O)COc1ccc(CNC)cc1)C1CC1. The summed E-state index contributed by atoms with van der Waals surface area (Å²) in [5, 5.41) is 3.09. The number of hydrogen-bond acceptors (Lipinski definition) is 3. The number of rotatable bonds is 7. The van der Waals surface area contributed by atoms with E-state index in [1.165, 1.54) is 5.56 Å². The molecule has 4 heteroatoms. The van der Waals surface area contributed by atoms with Gasteiger partial charge in [-0.1, -0.05) is 12.1 Å². The lowest BCUT2D eigenvalue weighted by molar-refractivity contribution is -0.133. The minimum absolute atomic E-state index is 0.0873. The van der Waals surface area contributed by atoms with Gasteiger partial charge in [-0.2, -0.15) is 0 Å². The van der Waals surface area contributed by atoms with Gasteiger partial charge in [0.05, 0.1) is 0 Å². The lowest BCUT2D eigenvalue weighted by Crippen LogP contribution is -2.36. The van der Waals surface area contributed by atoms with Crippen LogP contribution in [0.25, 0.3) is 0 Å². The molecular formula is C15H22N2O2. The van der Waals surface area contributed by atoms with Crippen LogP contribution in [-0.2, 0) is 11.3 Å². The highest BCUT2D eigenvalue weighted by Gasteiger charge is 2.31. The molecule has 0 aliphatic heterocycles. The monoisotopic (exact) mass is 262 g/mol. The van der Waals surface area contributed by atoms with E-state index in [1.54, 1.807) is 0 Å². The van der Waals surface area contributed by atoms with Gasteiger partial charge in [-0.3, -0.25) is 4.79 Å². The van der Waals surface area contributed by atoms with Crippen molar-refractivity contribution in [1.29, 1.82) is 0 Å². The third kappa shape index (κ3) is 3.96. The third-order valence-corrected chi connectivity index (χ3v) is 3.32. The molecule has 0 unspecified atom stereocenters. The van der Waals surface area contributed by atoms with Crippen LogP contribution in [0, 0.1) is 0 Å². The number of carbonyl (C=O) groups is 1. The Labute approximate surface area is 114 Å². The normalized spacial score (nSPS) is 14.2. The maximum atomic E-state index is 12.0. The van der Waals surface area contributed by atoms with Crippen LogP contribution in [0.1, 0.15) is 25.3 Å². The molecule has 2 rings (SSSR count). The summed E-state index contributed by atoms with van der Waals surface area (Å²) in [5.41, 5.74) is 1.20. The first kappa shape index (κ1) is 13.9. The van der Waals surface area contributed by atoms with Crippen LogP contribution >= 0.6 is 0 Å². The number of hydrogen-bond donors (Lipinski definition) is 1. The van der Waals surface area contributed by atoms with Crippen molar-refractivity contribution >= 4 is 5.91 Å².